The average Bonchev–Trinajstić information content (AvgIpc) is 3.60. The summed E-state index contributed by atoms with van der Waals surface area (Å²) in [5.74, 6) is -2.74. The van der Waals surface area contributed by atoms with E-state index < -0.39 is 107 Å². The number of ether oxygens (including phenoxy) is 3. The number of rotatable bonds is 17. The van der Waals surface area contributed by atoms with Gasteiger partial charge in [-0.15, -0.1) is 25.6 Å². The summed E-state index contributed by atoms with van der Waals surface area (Å²) in [6.07, 6.45) is -3.65. The van der Waals surface area contributed by atoms with Gasteiger partial charge >= 0.3 is 12.1 Å². The molecule has 1 aliphatic carbocycles. The molecule has 6 rings (SSSR count). The van der Waals surface area contributed by atoms with Gasteiger partial charge in [0, 0.05) is 11.5 Å². The average molecular weight is 963 g/mol. The monoisotopic (exact) mass is 962 g/mol. The van der Waals surface area contributed by atoms with E-state index in [9.17, 15) is 69.1 Å². The largest absolute Gasteiger partial charge is 0.505 e. The molecule has 28 heteroatoms. The lowest BCUT2D eigenvalue weighted by Crippen LogP contribution is -2.29. The molecule has 66 heavy (non-hydrogen) atoms. The molecule has 2 atom stereocenters. The molecule has 0 spiro atoms. The molecule has 0 radical (unpaired) electrons. The minimum Gasteiger partial charge on any atom is -0.505 e. The molecule has 2 unspecified atom stereocenters. The predicted molar refractivity (Wildman–Crippen MR) is 220 cm³/mol. The standard InChI is InChI=1S/C38H33F3N8O15S2/c1-62-21-7-9-25(30(16-21)65(56,57)58)43-44-26-17-29(64-13-11-51)27(18-28(26)63-12-10-50)45-46-32-31(66(59,60)61)15-19-14-20(6-8-22(19)35(32)52)49-36(53)33(34(48-49)37(54)55)47-42-24-5-3-2-4-23(24)38(39,40)41/h2-9,14-18,27,29,48,50-52H,10-13H2,1H3,(H,54,55)(H,56,57,58)(H,59,60,61). The second kappa shape index (κ2) is 19.5. The van der Waals surface area contributed by atoms with Gasteiger partial charge in [0.15, 0.2) is 17.1 Å². The fraction of sp³-hybridized carbons (Fsp3) is 0.211. The van der Waals surface area contributed by atoms with Crippen LogP contribution >= 0.6 is 0 Å². The number of aromatic nitrogens is 2. The summed E-state index contributed by atoms with van der Waals surface area (Å²) in [6.45, 7) is -1.68. The van der Waals surface area contributed by atoms with Crippen LogP contribution in [0.5, 0.6) is 11.5 Å². The number of aromatic hydroxyl groups is 1. The van der Waals surface area contributed by atoms with E-state index in [2.05, 4.69) is 35.8 Å². The lowest BCUT2D eigenvalue weighted by Gasteiger charge is -2.24. The Labute approximate surface area is 368 Å². The normalized spacial score (nSPS) is 16.1. The number of nitrogens with zero attached hydrogens (tertiary/aromatic N) is 7. The van der Waals surface area contributed by atoms with E-state index in [4.69, 9.17) is 14.2 Å². The van der Waals surface area contributed by atoms with Gasteiger partial charge in [-0.1, -0.05) is 12.1 Å². The molecule has 1 aliphatic rings. The molecule has 1 heterocycles. The van der Waals surface area contributed by atoms with Crippen molar-refractivity contribution >= 4 is 59.7 Å². The highest BCUT2D eigenvalue weighted by atomic mass is 32.2. The second-order valence-electron chi connectivity index (χ2n) is 13.4. The van der Waals surface area contributed by atoms with Crippen LogP contribution in [-0.2, 0) is 35.9 Å². The summed E-state index contributed by atoms with van der Waals surface area (Å²) in [4.78, 5) is 23.9. The fourth-order valence-corrected chi connectivity index (χ4v) is 7.43. The van der Waals surface area contributed by atoms with Gasteiger partial charge in [0.1, 0.15) is 57.1 Å². The van der Waals surface area contributed by atoms with E-state index in [1.807, 2.05) is 0 Å². The third-order valence-electron chi connectivity index (χ3n) is 9.10. The number of carboxylic acids is 1. The van der Waals surface area contributed by atoms with Crippen LogP contribution in [-0.4, -0.2) is 108 Å². The Morgan fingerprint density at radius 1 is 0.833 bits per heavy atom. The number of hydrogen-bond acceptors (Lipinski definition) is 18. The number of benzene rings is 4. The number of halogens is 3. The molecule has 1 aromatic heterocycles. The summed E-state index contributed by atoms with van der Waals surface area (Å²) in [5.41, 5.74) is -6.46. The predicted octanol–water partition coefficient (Wildman–Crippen LogP) is 6.06. The van der Waals surface area contributed by atoms with Gasteiger partial charge in [-0.25, -0.2) is 9.48 Å². The number of carbonyl (C=O) groups is 1. The fourth-order valence-electron chi connectivity index (χ4n) is 6.14. The number of hydrogen-bond donors (Lipinski definition) is 7. The summed E-state index contributed by atoms with van der Waals surface area (Å²) in [5, 5.41) is 65.0. The van der Waals surface area contributed by atoms with E-state index in [0.717, 1.165) is 42.5 Å². The van der Waals surface area contributed by atoms with Gasteiger partial charge in [0.2, 0.25) is 0 Å². The van der Waals surface area contributed by atoms with Crippen molar-refractivity contribution < 1.29 is 78.5 Å². The smallest absolute Gasteiger partial charge is 0.418 e. The van der Waals surface area contributed by atoms with Crippen LogP contribution in [0, 0.1) is 0 Å². The zero-order valence-corrected chi connectivity index (χ0v) is 35.1. The number of fused-ring (bicyclic) bond motifs is 1. The van der Waals surface area contributed by atoms with E-state index >= 15 is 0 Å². The zero-order chi connectivity index (χ0) is 48.1. The van der Waals surface area contributed by atoms with Gasteiger partial charge in [-0.05, 0) is 66.1 Å². The molecule has 0 saturated carbocycles. The lowest BCUT2D eigenvalue weighted by molar-refractivity contribution is -0.137. The van der Waals surface area contributed by atoms with Gasteiger partial charge in [-0.2, -0.15) is 35.1 Å². The molecule has 0 amide bonds. The Morgan fingerprint density at radius 2 is 1.53 bits per heavy atom. The van der Waals surface area contributed by atoms with Crippen molar-refractivity contribution in [2.75, 3.05) is 33.5 Å². The Balaban J connectivity index is 1.40. The number of nitrogens with one attached hydrogen (secondary N) is 1. The number of aromatic carboxylic acids is 1. The van der Waals surface area contributed by atoms with Crippen LogP contribution in [0.4, 0.5) is 35.9 Å². The van der Waals surface area contributed by atoms with Crippen molar-refractivity contribution in [1.29, 1.82) is 0 Å². The summed E-state index contributed by atoms with van der Waals surface area (Å²) in [7, 11) is -8.85. The first-order valence-corrected chi connectivity index (χ1v) is 21.4. The van der Waals surface area contributed by atoms with Gasteiger partial charge < -0.3 is 34.6 Å². The number of aliphatic hydroxyl groups is 2. The van der Waals surface area contributed by atoms with E-state index in [-0.39, 0.29) is 52.6 Å². The number of phenolic OH excluding ortho intramolecular Hbond substituents is 1. The van der Waals surface area contributed by atoms with Crippen molar-refractivity contribution in [1.82, 2.24) is 9.78 Å². The Morgan fingerprint density at radius 3 is 2.18 bits per heavy atom. The number of aromatic amines is 1. The number of phenols is 1. The second-order valence-corrected chi connectivity index (χ2v) is 16.2. The van der Waals surface area contributed by atoms with Crippen LogP contribution in [0.3, 0.4) is 0 Å². The molecule has 0 fully saturated rings. The number of aliphatic hydroxyl groups excluding tert-OH is 2. The number of H-pyrrole nitrogens is 1. The summed E-state index contributed by atoms with van der Waals surface area (Å²) >= 11 is 0. The molecule has 7 N–H and O–H groups in total. The first-order valence-electron chi connectivity index (χ1n) is 18.5. The highest BCUT2D eigenvalue weighted by molar-refractivity contribution is 7.86. The quantitative estimate of drug-likeness (QED) is 0.0411. The number of azo groups is 3. The van der Waals surface area contributed by atoms with E-state index in [1.165, 1.54) is 37.5 Å². The summed E-state index contributed by atoms with van der Waals surface area (Å²) in [6, 6.07) is 10.3. The Kier molecular flexibility index (Phi) is 14.2. The highest BCUT2D eigenvalue weighted by Crippen LogP contribution is 2.42. The SMILES string of the molecule is COc1ccc(N=NC2=CC(OCCO)C(N=Nc3c(S(=O)(=O)O)cc4cc(-n5[nH]c(C(=O)O)c(N=Nc6ccccc6C(F)(F)F)c5=O)ccc4c3O)C=C2OCCO)c(S(=O)(=O)O)c1. The van der Waals surface area contributed by atoms with Crippen molar-refractivity contribution in [3.05, 3.63) is 112 Å². The van der Waals surface area contributed by atoms with Crippen molar-refractivity contribution in [2.45, 2.75) is 28.1 Å². The van der Waals surface area contributed by atoms with Crippen molar-refractivity contribution in [3.63, 3.8) is 0 Å². The molecule has 23 nitrogen and oxygen atoms in total. The maximum absolute atomic E-state index is 13.5. The molecular weight excluding hydrogens is 930 g/mol. The van der Waals surface area contributed by atoms with Gasteiger partial charge in [0.25, 0.3) is 25.8 Å². The zero-order valence-electron chi connectivity index (χ0n) is 33.4. The van der Waals surface area contributed by atoms with Crippen molar-refractivity contribution in [3.8, 4) is 17.2 Å². The van der Waals surface area contributed by atoms with E-state index in [1.54, 1.807) is 0 Å². The van der Waals surface area contributed by atoms with Crippen LogP contribution in [0.25, 0.3) is 16.5 Å². The van der Waals surface area contributed by atoms with Crippen LogP contribution < -0.4 is 10.3 Å². The Bertz CT molecular complexity index is 3150. The lowest BCUT2D eigenvalue weighted by atomic mass is 10.0. The van der Waals surface area contributed by atoms with Crippen LogP contribution in [0.1, 0.15) is 16.1 Å². The maximum Gasteiger partial charge on any atom is 0.418 e. The first kappa shape index (κ1) is 48.3. The highest BCUT2D eigenvalue weighted by Gasteiger charge is 2.34. The van der Waals surface area contributed by atoms with Crippen LogP contribution in [0.15, 0.2) is 136 Å². The minimum atomic E-state index is -5.27. The van der Waals surface area contributed by atoms with Crippen molar-refractivity contribution in [2.24, 2.45) is 30.7 Å². The molecular formula is C38H33F3N8O15S2. The van der Waals surface area contributed by atoms with Crippen LogP contribution in [0.2, 0.25) is 0 Å². The maximum atomic E-state index is 13.5. The molecule has 0 saturated heterocycles. The number of carboxylic acid groups (broad SMARTS) is 1. The Hall–Kier alpha value is -7.21. The molecule has 0 aliphatic heterocycles. The van der Waals surface area contributed by atoms with Gasteiger partial charge in [0.05, 0.1) is 43.9 Å². The minimum absolute atomic E-state index is 0.0651. The third-order valence-corrected chi connectivity index (χ3v) is 10.9. The molecule has 4 aromatic carbocycles. The van der Waals surface area contributed by atoms with E-state index in [0.29, 0.717) is 10.7 Å². The third kappa shape index (κ3) is 10.7. The molecule has 348 valence electrons. The topological polar surface area (TPSA) is 346 Å². The molecule has 0 bridgehead atoms. The number of methoxy groups -OCH3 is 1. The first-order chi connectivity index (χ1) is 31.2. The number of alkyl halides is 3. The summed E-state index contributed by atoms with van der Waals surface area (Å²) < 4.78 is 127. The molecule has 5 aromatic rings. The van der Waals surface area contributed by atoms with Gasteiger partial charge in [-0.3, -0.25) is 19.0 Å².